The summed E-state index contributed by atoms with van der Waals surface area (Å²) in [5.74, 6) is 0.692. The molecule has 0 aromatic heterocycles. The summed E-state index contributed by atoms with van der Waals surface area (Å²) in [6, 6.07) is 9.86. The maximum atomic E-state index is 12.7. The highest BCUT2D eigenvalue weighted by Crippen LogP contribution is 2.37. The van der Waals surface area contributed by atoms with Gasteiger partial charge in [-0.3, -0.25) is 4.79 Å². The molecular weight excluding hydrogens is 256 g/mol. The zero-order chi connectivity index (χ0) is 13.2. The molecule has 1 N–H and O–H groups in total. The summed E-state index contributed by atoms with van der Waals surface area (Å²) in [6.07, 6.45) is 3.29. The fourth-order valence-corrected chi connectivity index (χ4v) is 4.19. The van der Waals surface area contributed by atoms with E-state index in [-0.39, 0.29) is 11.9 Å². The van der Waals surface area contributed by atoms with E-state index in [0.29, 0.717) is 11.2 Å². The number of nitrogens with zero attached hydrogens (tertiary/aromatic N) is 1. The molecule has 3 rings (SSSR count). The molecule has 0 aliphatic carbocycles. The Bertz CT molecular complexity index is 488. The molecule has 19 heavy (non-hydrogen) atoms. The van der Waals surface area contributed by atoms with E-state index in [0.717, 1.165) is 18.7 Å². The molecule has 2 aliphatic rings. The smallest absolute Gasteiger partial charge is 0.245 e. The molecule has 4 heteroatoms. The van der Waals surface area contributed by atoms with Crippen molar-refractivity contribution in [2.75, 3.05) is 18.5 Å². The van der Waals surface area contributed by atoms with Gasteiger partial charge in [0, 0.05) is 17.5 Å². The SMILES string of the molecule is CNC1C(=O)N(c2ccccc2)CCC2C=CSC21. The van der Waals surface area contributed by atoms with Gasteiger partial charge in [0.05, 0.1) is 6.04 Å². The number of likely N-dealkylation sites (N-methyl/N-ethyl adjacent to an activating group) is 1. The summed E-state index contributed by atoms with van der Waals surface area (Å²) < 4.78 is 0. The Morgan fingerprint density at radius 3 is 2.84 bits per heavy atom. The molecule has 1 amide bonds. The first kappa shape index (κ1) is 12.8. The molecule has 1 saturated heterocycles. The molecule has 1 aromatic rings. The Labute approximate surface area is 118 Å². The number of amides is 1. The van der Waals surface area contributed by atoms with Crippen LogP contribution in [0, 0.1) is 5.92 Å². The van der Waals surface area contributed by atoms with Crippen LogP contribution in [0.4, 0.5) is 5.69 Å². The van der Waals surface area contributed by atoms with E-state index in [2.05, 4.69) is 16.8 Å². The lowest BCUT2D eigenvalue weighted by molar-refractivity contribution is -0.120. The van der Waals surface area contributed by atoms with Gasteiger partial charge in [-0.15, -0.1) is 11.8 Å². The van der Waals surface area contributed by atoms with Crippen LogP contribution >= 0.6 is 11.8 Å². The van der Waals surface area contributed by atoms with Crippen molar-refractivity contribution in [3.8, 4) is 0 Å². The zero-order valence-electron chi connectivity index (χ0n) is 11.0. The molecule has 3 nitrogen and oxygen atoms in total. The number of rotatable bonds is 2. The second-order valence-electron chi connectivity index (χ2n) is 4.97. The summed E-state index contributed by atoms with van der Waals surface area (Å²) in [5, 5.41) is 5.70. The third-order valence-corrected chi connectivity index (χ3v) is 5.16. The van der Waals surface area contributed by atoms with Crippen LogP contribution in [0.25, 0.3) is 0 Å². The van der Waals surface area contributed by atoms with Crippen molar-refractivity contribution < 1.29 is 4.79 Å². The van der Waals surface area contributed by atoms with Crippen LogP contribution in [0.3, 0.4) is 0 Å². The van der Waals surface area contributed by atoms with E-state index in [9.17, 15) is 4.79 Å². The normalized spacial score (nSPS) is 30.3. The molecule has 1 fully saturated rings. The summed E-state index contributed by atoms with van der Waals surface area (Å²) in [5.41, 5.74) is 1.00. The standard InChI is InChI=1S/C15H18N2OS/c1-16-13-14-11(8-10-19-14)7-9-17(15(13)18)12-5-3-2-4-6-12/h2-6,8,10-11,13-14,16H,7,9H2,1H3. The first-order chi connectivity index (χ1) is 9.31. The molecule has 0 bridgehead atoms. The third-order valence-electron chi connectivity index (χ3n) is 3.91. The molecule has 0 spiro atoms. The maximum Gasteiger partial charge on any atom is 0.245 e. The fourth-order valence-electron chi connectivity index (χ4n) is 2.88. The maximum absolute atomic E-state index is 12.7. The van der Waals surface area contributed by atoms with Crippen molar-refractivity contribution >= 4 is 23.4 Å². The van der Waals surface area contributed by atoms with Crippen LogP contribution in [-0.2, 0) is 4.79 Å². The molecule has 3 unspecified atom stereocenters. The predicted octanol–water partition coefficient (Wildman–Crippen LogP) is 2.26. The number of anilines is 1. The Kier molecular flexibility index (Phi) is 3.62. The lowest BCUT2D eigenvalue weighted by Gasteiger charge is -2.26. The summed E-state index contributed by atoms with van der Waals surface area (Å²) in [7, 11) is 1.88. The number of allylic oxidation sites excluding steroid dienone is 1. The van der Waals surface area contributed by atoms with Gasteiger partial charge >= 0.3 is 0 Å². The van der Waals surface area contributed by atoms with Crippen molar-refractivity contribution in [3.05, 3.63) is 41.8 Å². The van der Waals surface area contributed by atoms with Gasteiger partial charge in [-0.05, 0) is 36.9 Å². The number of thioether (sulfide) groups is 1. The molecule has 0 radical (unpaired) electrons. The summed E-state index contributed by atoms with van der Waals surface area (Å²) in [6.45, 7) is 0.799. The Morgan fingerprint density at radius 2 is 2.11 bits per heavy atom. The number of carbonyl (C=O) groups excluding carboxylic acids is 1. The van der Waals surface area contributed by atoms with Gasteiger partial charge in [0.1, 0.15) is 0 Å². The molecule has 3 atom stereocenters. The minimum atomic E-state index is -0.104. The quantitative estimate of drug-likeness (QED) is 0.898. The number of fused-ring (bicyclic) bond motifs is 1. The van der Waals surface area contributed by atoms with E-state index >= 15 is 0 Å². The second-order valence-corrected chi connectivity index (χ2v) is 6.06. The van der Waals surface area contributed by atoms with Gasteiger partial charge < -0.3 is 10.2 Å². The number of para-hydroxylation sites is 1. The number of hydrogen-bond acceptors (Lipinski definition) is 3. The first-order valence-corrected chi connectivity index (χ1v) is 7.61. The van der Waals surface area contributed by atoms with E-state index < -0.39 is 0 Å². The van der Waals surface area contributed by atoms with E-state index in [4.69, 9.17) is 0 Å². The monoisotopic (exact) mass is 274 g/mol. The van der Waals surface area contributed by atoms with Crippen LogP contribution in [0.15, 0.2) is 41.8 Å². The number of hydrogen-bond donors (Lipinski definition) is 1. The lowest BCUT2D eigenvalue weighted by atomic mass is 9.98. The summed E-state index contributed by atoms with van der Waals surface area (Å²) in [4.78, 5) is 14.7. The first-order valence-electron chi connectivity index (χ1n) is 6.67. The van der Waals surface area contributed by atoms with Gasteiger partial charge in [0.25, 0.3) is 0 Å². The lowest BCUT2D eigenvalue weighted by Crippen LogP contribution is -2.49. The number of benzene rings is 1. The van der Waals surface area contributed by atoms with Crippen LogP contribution in [0.2, 0.25) is 0 Å². The largest absolute Gasteiger partial charge is 0.311 e. The highest BCUT2D eigenvalue weighted by Gasteiger charge is 2.40. The molecule has 0 saturated carbocycles. The number of nitrogens with one attached hydrogen (secondary N) is 1. The van der Waals surface area contributed by atoms with E-state index in [1.807, 2.05) is 42.3 Å². The van der Waals surface area contributed by atoms with Gasteiger partial charge in [0.15, 0.2) is 0 Å². The van der Waals surface area contributed by atoms with Crippen molar-refractivity contribution in [1.82, 2.24) is 5.32 Å². The molecule has 2 heterocycles. The minimum absolute atomic E-state index is 0.104. The fraction of sp³-hybridized carbons (Fsp3) is 0.400. The predicted molar refractivity (Wildman–Crippen MR) is 80.3 cm³/mol. The minimum Gasteiger partial charge on any atom is -0.311 e. The Hall–Kier alpha value is -1.26. The van der Waals surface area contributed by atoms with Crippen molar-refractivity contribution in [2.45, 2.75) is 17.7 Å². The zero-order valence-corrected chi connectivity index (χ0v) is 11.8. The molecule has 100 valence electrons. The highest BCUT2D eigenvalue weighted by atomic mass is 32.2. The van der Waals surface area contributed by atoms with E-state index in [1.165, 1.54) is 0 Å². The van der Waals surface area contributed by atoms with Gasteiger partial charge in [-0.25, -0.2) is 0 Å². The van der Waals surface area contributed by atoms with Crippen molar-refractivity contribution in [1.29, 1.82) is 0 Å². The summed E-state index contributed by atoms with van der Waals surface area (Å²) >= 11 is 1.78. The second kappa shape index (κ2) is 5.39. The Morgan fingerprint density at radius 1 is 1.32 bits per heavy atom. The van der Waals surface area contributed by atoms with Crippen LogP contribution < -0.4 is 10.2 Å². The average molecular weight is 274 g/mol. The van der Waals surface area contributed by atoms with Crippen LogP contribution in [-0.4, -0.2) is 30.8 Å². The van der Waals surface area contributed by atoms with Gasteiger partial charge in [-0.1, -0.05) is 24.3 Å². The third kappa shape index (κ3) is 2.30. The van der Waals surface area contributed by atoms with E-state index in [1.54, 1.807) is 11.8 Å². The van der Waals surface area contributed by atoms with Crippen LogP contribution in [0.5, 0.6) is 0 Å². The van der Waals surface area contributed by atoms with Gasteiger partial charge in [-0.2, -0.15) is 0 Å². The highest BCUT2D eigenvalue weighted by molar-refractivity contribution is 8.03. The molecular formula is C15H18N2OS. The van der Waals surface area contributed by atoms with Crippen molar-refractivity contribution in [3.63, 3.8) is 0 Å². The topological polar surface area (TPSA) is 32.3 Å². The number of carbonyl (C=O) groups is 1. The molecule has 2 aliphatic heterocycles. The van der Waals surface area contributed by atoms with Crippen molar-refractivity contribution in [2.24, 2.45) is 5.92 Å². The van der Waals surface area contributed by atoms with Crippen LogP contribution in [0.1, 0.15) is 6.42 Å². The van der Waals surface area contributed by atoms with Gasteiger partial charge in [0.2, 0.25) is 5.91 Å². The Balaban J connectivity index is 1.91. The molecule has 1 aromatic carbocycles. The average Bonchev–Trinajstić information content (AvgIpc) is 2.85.